The van der Waals surface area contributed by atoms with Crippen molar-refractivity contribution in [2.24, 2.45) is 10.7 Å². The van der Waals surface area contributed by atoms with Crippen molar-refractivity contribution in [1.29, 1.82) is 0 Å². The van der Waals surface area contributed by atoms with E-state index >= 15 is 0 Å². The van der Waals surface area contributed by atoms with Crippen LogP contribution in [-0.2, 0) is 13.1 Å². The standard InChI is InChI=1S/C23H24N4O2/c1-28-21-9-6-10-22(29-2)19(21)15-27-14-16-11-12-18(13-20(16)26-23(27)24)25-17-7-4-3-5-8-17/h3-13,25H,14-15H2,1-2H3,(H2,24,26). The van der Waals surface area contributed by atoms with Gasteiger partial charge in [0, 0.05) is 17.9 Å². The number of benzene rings is 3. The van der Waals surface area contributed by atoms with Crippen LogP contribution in [0.3, 0.4) is 0 Å². The summed E-state index contributed by atoms with van der Waals surface area (Å²) in [4.78, 5) is 6.66. The van der Waals surface area contributed by atoms with Crippen molar-refractivity contribution in [2.45, 2.75) is 13.1 Å². The number of fused-ring (bicyclic) bond motifs is 1. The van der Waals surface area contributed by atoms with Crippen LogP contribution in [0.15, 0.2) is 71.7 Å². The van der Waals surface area contributed by atoms with Crippen molar-refractivity contribution in [1.82, 2.24) is 4.90 Å². The van der Waals surface area contributed by atoms with E-state index in [1.54, 1.807) is 14.2 Å². The second kappa shape index (κ2) is 8.14. The summed E-state index contributed by atoms with van der Waals surface area (Å²) in [5.74, 6) is 2.01. The number of nitrogens with two attached hydrogens (primary N) is 1. The minimum atomic E-state index is 0.474. The van der Waals surface area contributed by atoms with E-state index in [1.807, 2.05) is 59.5 Å². The highest BCUT2D eigenvalue weighted by molar-refractivity contribution is 5.84. The van der Waals surface area contributed by atoms with Gasteiger partial charge in [0.25, 0.3) is 0 Å². The largest absolute Gasteiger partial charge is 0.496 e. The van der Waals surface area contributed by atoms with E-state index in [2.05, 4.69) is 22.4 Å². The minimum Gasteiger partial charge on any atom is -0.496 e. The molecule has 0 saturated heterocycles. The van der Waals surface area contributed by atoms with Gasteiger partial charge in [0.15, 0.2) is 5.96 Å². The third-order valence-corrected chi connectivity index (χ3v) is 4.95. The highest BCUT2D eigenvalue weighted by atomic mass is 16.5. The summed E-state index contributed by atoms with van der Waals surface area (Å²) >= 11 is 0. The number of rotatable bonds is 6. The van der Waals surface area contributed by atoms with Crippen LogP contribution in [-0.4, -0.2) is 25.1 Å². The lowest BCUT2D eigenvalue weighted by atomic mass is 10.1. The van der Waals surface area contributed by atoms with Gasteiger partial charge in [-0.05, 0) is 42.0 Å². The zero-order chi connectivity index (χ0) is 20.2. The third kappa shape index (κ3) is 3.96. The normalized spacial score (nSPS) is 12.8. The fourth-order valence-electron chi connectivity index (χ4n) is 3.46. The Labute approximate surface area is 170 Å². The molecular formula is C23H24N4O2. The smallest absolute Gasteiger partial charge is 0.197 e. The maximum absolute atomic E-state index is 6.30. The number of nitrogens with one attached hydrogen (secondary N) is 1. The Kier molecular flexibility index (Phi) is 5.24. The molecule has 4 rings (SSSR count). The first-order valence-corrected chi connectivity index (χ1v) is 9.42. The van der Waals surface area contributed by atoms with Crippen LogP contribution in [0, 0.1) is 0 Å². The number of para-hydroxylation sites is 1. The summed E-state index contributed by atoms with van der Waals surface area (Å²) in [5.41, 5.74) is 11.3. The first-order chi connectivity index (χ1) is 14.2. The maximum atomic E-state index is 6.30. The van der Waals surface area contributed by atoms with Crippen LogP contribution in [0.25, 0.3) is 0 Å². The molecule has 0 radical (unpaired) electrons. The van der Waals surface area contributed by atoms with E-state index in [9.17, 15) is 0 Å². The Morgan fingerprint density at radius 1 is 0.931 bits per heavy atom. The van der Waals surface area contributed by atoms with E-state index in [0.717, 1.165) is 39.7 Å². The molecule has 0 fully saturated rings. The Balaban J connectivity index is 1.57. The summed E-state index contributed by atoms with van der Waals surface area (Å²) in [6.07, 6.45) is 0. The number of hydrogen-bond acceptors (Lipinski definition) is 6. The molecule has 0 saturated carbocycles. The molecule has 3 aromatic carbocycles. The SMILES string of the molecule is COc1cccc(OC)c1CN1Cc2ccc(Nc3ccccc3)cc2N=C1N. The highest BCUT2D eigenvalue weighted by Crippen LogP contribution is 2.34. The second-order valence-corrected chi connectivity index (χ2v) is 6.80. The summed E-state index contributed by atoms with van der Waals surface area (Å²) in [6.45, 7) is 1.21. The number of methoxy groups -OCH3 is 2. The zero-order valence-electron chi connectivity index (χ0n) is 16.6. The minimum absolute atomic E-state index is 0.474. The molecule has 0 aliphatic carbocycles. The monoisotopic (exact) mass is 388 g/mol. The van der Waals surface area contributed by atoms with Gasteiger partial charge in [-0.1, -0.05) is 30.3 Å². The van der Waals surface area contributed by atoms with Crippen LogP contribution in [0.2, 0.25) is 0 Å². The fourth-order valence-corrected chi connectivity index (χ4v) is 3.46. The van der Waals surface area contributed by atoms with Crippen LogP contribution >= 0.6 is 0 Å². The maximum Gasteiger partial charge on any atom is 0.197 e. The molecule has 6 nitrogen and oxygen atoms in total. The van der Waals surface area contributed by atoms with Crippen LogP contribution in [0.4, 0.5) is 17.1 Å². The molecule has 148 valence electrons. The van der Waals surface area contributed by atoms with E-state index in [4.69, 9.17) is 15.2 Å². The van der Waals surface area contributed by atoms with Gasteiger partial charge < -0.3 is 25.4 Å². The molecule has 0 aromatic heterocycles. The van der Waals surface area contributed by atoms with Crippen LogP contribution < -0.4 is 20.5 Å². The predicted molar refractivity (Wildman–Crippen MR) is 116 cm³/mol. The van der Waals surface area contributed by atoms with Gasteiger partial charge in [0.1, 0.15) is 11.5 Å². The first kappa shape index (κ1) is 18.7. The van der Waals surface area contributed by atoms with Crippen LogP contribution in [0.1, 0.15) is 11.1 Å². The quantitative estimate of drug-likeness (QED) is 0.654. The zero-order valence-corrected chi connectivity index (χ0v) is 16.6. The van der Waals surface area contributed by atoms with Gasteiger partial charge in [-0.15, -0.1) is 0 Å². The van der Waals surface area contributed by atoms with Gasteiger partial charge >= 0.3 is 0 Å². The lowest BCUT2D eigenvalue weighted by Gasteiger charge is -2.29. The van der Waals surface area contributed by atoms with E-state index in [-0.39, 0.29) is 0 Å². The lowest BCUT2D eigenvalue weighted by molar-refractivity contribution is 0.348. The van der Waals surface area contributed by atoms with Crippen molar-refractivity contribution in [3.63, 3.8) is 0 Å². The van der Waals surface area contributed by atoms with E-state index in [0.29, 0.717) is 19.0 Å². The van der Waals surface area contributed by atoms with Gasteiger partial charge in [-0.2, -0.15) is 0 Å². The van der Waals surface area contributed by atoms with Crippen molar-refractivity contribution in [3.8, 4) is 11.5 Å². The van der Waals surface area contributed by atoms with Gasteiger partial charge in [0.2, 0.25) is 0 Å². The number of anilines is 2. The number of ether oxygens (including phenoxy) is 2. The molecule has 1 aliphatic heterocycles. The van der Waals surface area contributed by atoms with Crippen LogP contribution in [0.5, 0.6) is 11.5 Å². The number of guanidine groups is 1. The van der Waals surface area contributed by atoms with Crippen molar-refractivity contribution in [2.75, 3.05) is 19.5 Å². The number of hydrogen-bond donors (Lipinski definition) is 2. The van der Waals surface area contributed by atoms with Crippen molar-refractivity contribution < 1.29 is 9.47 Å². The average molecular weight is 388 g/mol. The van der Waals surface area contributed by atoms with Gasteiger partial charge in [0.05, 0.1) is 32.0 Å². The van der Waals surface area contributed by atoms with Gasteiger partial charge in [-0.3, -0.25) is 0 Å². The lowest BCUT2D eigenvalue weighted by Crippen LogP contribution is -2.38. The molecule has 0 unspecified atom stereocenters. The molecule has 3 N–H and O–H groups in total. The first-order valence-electron chi connectivity index (χ1n) is 9.42. The molecule has 6 heteroatoms. The van der Waals surface area contributed by atoms with Crippen molar-refractivity contribution in [3.05, 3.63) is 77.9 Å². The predicted octanol–water partition coefficient (Wildman–Crippen LogP) is 4.41. The molecular weight excluding hydrogens is 364 g/mol. The van der Waals surface area contributed by atoms with Gasteiger partial charge in [-0.25, -0.2) is 4.99 Å². The molecule has 3 aromatic rings. The fraction of sp³-hybridized carbons (Fsp3) is 0.174. The topological polar surface area (TPSA) is 72.1 Å². The summed E-state index contributed by atoms with van der Waals surface area (Å²) < 4.78 is 11.0. The summed E-state index contributed by atoms with van der Waals surface area (Å²) in [6, 6.07) is 22.0. The molecule has 0 bridgehead atoms. The molecule has 0 atom stereocenters. The average Bonchev–Trinajstić information content (AvgIpc) is 2.75. The molecule has 0 spiro atoms. The molecule has 0 amide bonds. The van der Waals surface area contributed by atoms with E-state index in [1.165, 1.54) is 0 Å². The molecule has 1 heterocycles. The highest BCUT2D eigenvalue weighted by Gasteiger charge is 2.21. The third-order valence-electron chi connectivity index (χ3n) is 4.95. The molecule has 1 aliphatic rings. The summed E-state index contributed by atoms with van der Waals surface area (Å²) in [7, 11) is 3.31. The Bertz CT molecular complexity index is 1010. The van der Waals surface area contributed by atoms with Crippen molar-refractivity contribution >= 4 is 23.0 Å². The Morgan fingerprint density at radius 3 is 2.34 bits per heavy atom. The Morgan fingerprint density at radius 2 is 1.66 bits per heavy atom. The van der Waals surface area contributed by atoms with E-state index < -0.39 is 0 Å². The number of nitrogens with zero attached hydrogens (tertiary/aromatic N) is 2. The second-order valence-electron chi connectivity index (χ2n) is 6.80. The molecule has 29 heavy (non-hydrogen) atoms. The summed E-state index contributed by atoms with van der Waals surface area (Å²) in [5, 5.41) is 3.39. The number of aliphatic imine (C=N–C) groups is 1. The Hall–Kier alpha value is -3.67.